The number of carboxylic acids is 1. The van der Waals surface area contributed by atoms with Crippen LogP contribution in [0, 0.1) is 5.41 Å². The predicted octanol–water partition coefficient (Wildman–Crippen LogP) is 6.13. The Hall–Kier alpha value is -3.41. The number of furan rings is 1. The minimum atomic E-state index is -1.21. The summed E-state index contributed by atoms with van der Waals surface area (Å²) in [6, 6.07) is 7.77. The molecule has 176 valence electrons. The fourth-order valence-corrected chi connectivity index (χ4v) is 5.16. The molecule has 1 unspecified atom stereocenters. The van der Waals surface area contributed by atoms with Crippen molar-refractivity contribution in [2.24, 2.45) is 10.4 Å². The van der Waals surface area contributed by atoms with Crippen LogP contribution in [0.4, 0.5) is 0 Å². The number of fused-ring (bicyclic) bond motifs is 5. The van der Waals surface area contributed by atoms with Gasteiger partial charge in [0.1, 0.15) is 11.1 Å². The van der Waals surface area contributed by atoms with Gasteiger partial charge in [-0.05, 0) is 54.4 Å². The summed E-state index contributed by atoms with van der Waals surface area (Å²) in [7, 11) is 0. The molecule has 0 aliphatic carbocycles. The number of nitrogens with zero attached hydrogens (tertiary/aromatic N) is 2. The van der Waals surface area contributed by atoms with E-state index in [2.05, 4.69) is 50.0 Å². The lowest BCUT2D eigenvalue weighted by atomic mass is 9.79. The summed E-state index contributed by atoms with van der Waals surface area (Å²) in [5, 5.41) is 10.6. The first-order valence-electron chi connectivity index (χ1n) is 12.0. The smallest absolute Gasteiger partial charge is 0.341 e. The summed E-state index contributed by atoms with van der Waals surface area (Å²) in [4.78, 5) is 28.7. The van der Waals surface area contributed by atoms with Crippen LogP contribution in [0.1, 0.15) is 74.0 Å². The van der Waals surface area contributed by atoms with Gasteiger partial charge in [0.15, 0.2) is 11.2 Å². The van der Waals surface area contributed by atoms with E-state index in [-0.39, 0.29) is 17.0 Å². The van der Waals surface area contributed by atoms with Gasteiger partial charge in [-0.2, -0.15) is 0 Å². The molecule has 0 spiro atoms. The molecule has 1 atom stereocenters. The maximum Gasteiger partial charge on any atom is 0.341 e. The van der Waals surface area contributed by atoms with Crippen molar-refractivity contribution in [1.29, 1.82) is 0 Å². The highest BCUT2D eigenvalue weighted by atomic mass is 16.4. The fraction of sp³-hybridized carbons (Fsp3) is 0.393. The Kier molecular flexibility index (Phi) is 5.54. The quantitative estimate of drug-likeness (QED) is 0.500. The third-order valence-corrected chi connectivity index (χ3v) is 7.05. The molecule has 5 rings (SSSR count). The highest BCUT2D eigenvalue weighted by Gasteiger charge is 2.36. The number of pyridine rings is 1. The lowest BCUT2D eigenvalue weighted by molar-refractivity contribution is 0.0693. The van der Waals surface area contributed by atoms with Crippen LogP contribution in [0.3, 0.4) is 0 Å². The van der Waals surface area contributed by atoms with Crippen molar-refractivity contribution in [2.75, 3.05) is 6.54 Å². The van der Waals surface area contributed by atoms with Gasteiger partial charge in [0.05, 0.1) is 5.69 Å². The molecule has 0 fully saturated rings. The Morgan fingerprint density at radius 1 is 1.18 bits per heavy atom. The molecule has 34 heavy (non-hydrogen) atoms. The highest BCUT2D eigenvalue weighted by molar-refractivity contribution is 5.93. The Labute approximate surface area is 198 Å². The van der Waals surface area contributed by atoms with E-state index in [0.717, 1.165) is 47.9 Å². The minimum Gasteiger partial charge on any atom is -0.477 e. The summed E-state index contributed by atoms with van der Waals surface area (Å²) in [6.07, 6.45) is 10.6. The van der Waals surface area contributed by atoms with Crippen molar-refractivity contribution >= 4 is 28.7 Å². The molecule has 1 N–H and O–H groups in total. The van der Waals surface area contributed by atoms with E-state index >= 15 is 0 Å². The molecule has 4 heterocycles. The summed E-state index contributed by atoms with van der Waals surface area (Å²) >= 11 is 0. The number of allylic oxidation sites excluding steroid dienone is 2. The average molecular weight is 459 g/mol. The standard InChI is InChI=1S/C28H30N2O4/c1-28(2,3)25-14-20-19-9-8-18(17-7-5-4-6-11-29-12-10-17)13-24(19)34-26(20)22-15-23(31)21(27(32)33)16-30(22)25/h8-10,12-13,15-16,25H,4-7,11,14H2,1-3H3,(H,32,33)/b17-10+,29-12-. The molecule has 0 amide bonds. The number of hydrogen-bond acceptors (Lipinski definition) is 4. The molecular formula is C28H30N2O4. The molecule has 2 aromatic heterocycles. The van der Waals surface area contributed by atoms with Crippen molar-refractivity contribution in [2.45, 2.75) is 58.9 Å². The molecule has 6 nitrogen and oxygen atoms in total. The van der Waals surface area contributed by atoms with Gasteiger partial charge in [-0.3, -0.25) is 9.79 Å². The van der Waals surface area contributed by atoms with Gasteiger partial charge in [-0.25, -0.2) is 4.79 Å². The average Bonchev–Trinajstić information content (AvgIpc) is 3.21. The van der Waals surface area contributed by atoms with Crippen LogP contribution in [0.15, 0.2) is 50.7 Å². The zero-order chi connectivity index (χ0) is 24.0. The maximum absolute atomic E-state index is 12.6. The van der Waals surface area contributed by atoms with Gasteiger partial charge in [-0.1, -0.05) is 39.3 Å². The number of carboxylic acid groups (broad SMARTS) is 1. The minimum absolute atomic E-state index is 0.0116. The topological polar surface area (TPSA) is 84.8 Å². The van der Waals surface area contributed by atoms with E-state index in [0.29, 0.717) is 17.9 Å². The van der Waals surface area contributed by atoms with Gasteiger partial charge in [0.2, 0.25) is 0 Å². The summed E-state index contributed by atoms with van der Waals surface area (Å²) in [6.45, 7) is 7.29. The largest absolute Gasteiger partial charge is 0.477 e. The van der Waals surface area contributed by atoms with Gasteiger partial charge < -0.3 is 14.1 Å². The third-order valence-electron chi connectivity index (χ3n) is 7.05. The predicted molar refractivity (Wildman–Crippen MR) is 135 cm³/mol. The molecule has 6 heteroatoms. The molecule has 0 saturated heterocycles. The molecule has 3 aromatic rings. The van der Waals surface area contributed by atoms with Crippen molar-refractivity contribution in [3.63, 3.8) is 0 Å². The van der Waals surface area contributed by atoms with Crippen LogP contribution in [-0.4, -0.2) is 28.4 Å². The van der Waals surface area contributed by atoms with E-state index in [1.54, 1.807) is 0 Å². The van der Waals surface area contributed by atoms with Gasteiger partial charge in [0, 0.05) is 42.0 Å². The fourth-order valence-electron chi connectivity index (χ4n) is 5.16. The second-order valence-electron chi connectivity index (χ2n) is 10.4. The van der Waals surface area contributed by atoms with Crippen LogP contribution < -0.4 is 5.43 Å². The lowest BCUT2D eigenvalue weighted by Gasteiger charge is -2.37. The SMILES string of the molecule is CC(C)(C)C1Cc2c(oc3cc(/C4=C/C=N\CCCCC4)ccc23)-c2cc(=O)c(C(=O)O)cn21. The number of hydrogen-bond donors (Lipinski definition) is 1. The Morgan fingerprint density at radius 3 is 2.76 bits per heavy atom. The van der Waals surface area contributed by atoms with Gasteiger partial charge in [0.25, 0.3) is 0 Å². The number of benzene rings is 1. The van der Waals surface area contributed by atoms with Crippen LogP contribution in [-0.2, 0) is 6.42 Å². The first-order valence-corrected chi connectivity index (χ1v) is 12.0. The lowest BCUT2D eigenvalue weighted by Crippen LogP contribution is -2.32. The number of aliphatic imine (C=N–C) groups is 1. The monoisotopic (exact) mass is 458 g/mol. The Balaban J connectivity index is 1.67. The summed E-state index contributed by atoms with van der Waals surface area (Å²) in [5.41, 5.74) is 4.01. The number of aromatic carboxylic acids is 1. The van der Waals surface area contributed by atoms with Crippen molar-refractivity contribution in [3.05, 3.63) is 63.5 Å². The first-order chi connectivity index (χ1) is 16.2. The molecule has 2 aliphatic rings. The van der Waals surface area contributed by atoms with E-state index < -0.39 is 11.4 Å². The van der Waals surface area contributed by atoms with E-state index in [9.17, 15) is 14.7 Å². The first kappa shape index (κ1) is 22.4. The summed E-state index contributed by atoms with van der Waals surface area (Å²) < 4.78 is 8.30. The third kappa shape index (κ3) is 3.91. The second-order valence-corrected chi connectivity index (χ2v) is 10.4. The molecule has 1 aromatic carbocycles. The Morgan fingerprint density at radius 2 is 2.00 bits per heavy atom. The number of rotatable bonds is 2. The molecular weight excluding hydrogens is 428 g/mol. The zero-order valence-corrected chi connectivity index (χ0v) is 19.9. The van der Waals surface area contributed by atoms with Crippen molar-refractivity contribution in [1.82, 2.24) is 4.57 Å². The van der Waals surface area contributed by atoms with E-state index in [4.69, 9.17) is 4.42 Å². The normalized spacial score (nSPS) is 20.9. The van der Waals surface area contributed by atoms with Crippen molar-refractivity contribution in [3.8, 4) is 11.5 Å². The van der Waals surface area contributed by atoms with Gasteiger partial charge >= 0.3 is 5.97 Å². The molecule has 0 bridgehead atoms. The Bertz CT molecular complexity index is 1400. The summed E-state index contributed by atoms with van der Waals surface area (Å²) in [5.74, 6) is -0.550. The second kappa shape index (κ2) is 8.42. The maximum atomic E-state index is 12.6. The van der Waals surface area contributed by atoms with Crippen LogP contribution >= 0.6 is 0 Å². The zero-order valence-electron chi connectivity index (χ0n) is 19.9. The van der Waals surface area contributed by atoms with Crippen LogP contribution in [0.2, 0.25) is 0 Å². The molecule has 2 aliphatic heterocycles. The van der Waals surface area contributed by atoms with Crippen LogP contribution in [0.25, 0.3) is 28.0 Å². The molecule has 0 saturated carbocycles. The number of aromatic nitrogens is 1. The van der Waals surface area contributed by atoms with Gasteiger partial charge in [-0.15, -0.1) is 0 Å². The van der Waals surface area contributed by atoms with E-state index in [1.807, 2.05) is 10.8 Å². The van der Waals surface area contributed by atoms with Crippen molar-refractivity contribution < 1.29 is 14.3 Å². The highest BCUT2D eigenvalue weighted by Crippen LogP contribution is 2.46. The number of carbonyl (C=O) groups is 1. The molecule has 0 radical (unpaired) electrons. The van der Waals surface area contributed by atoms with E-state index in [1.165, 1.54) is 24.3 Å². The van der Waals surface area contributed by atoms with Crippen LogP contribution in [0.5, 0.6) is 0 Å².